The molecule has 2 N–H and O–H groups in total. The second kappa shape index (κ2) is 9.94. The van der Waals surface area contributed by atoms with Gasteiger partial charge in [0.05, 0.1) is 14.2 Å². The van der Waals surface area contributed by atoms with Gasteiger partial charge in [0.15, 0.2) is 0 Å². The van der Waals surface area contributed by atoms with Crippen LogP contribution in [0.25, 0.3) is 0 Å². The topological polar surface area (TPSA) is 85.9 Å². The molecule has 7 nitrogen and oxygen atoms in total. The Bertz CT molecular complexity index is 800. The smallest absolute Gasteiger partial charge is 0.251 e. The molecule has 0 aliphatic carbocycles. The van der Waals surface area contributed by atoms with Crippen molar-refractivity contribution in [3.63, 3.8) is 0 Å². The Hall–Kier alpha value is -2.58. The zero-order valence-electron chi connectivity index (χ0n) is 15.3. The molecule has 0 radical (unpaired) electrons. The van der Waals surface area contributed by atoms with Crippen LogP contribution in [0, 0.1) is 0 Å². The van der Waals surface area contributed by atoms with Crippen molar-refractivity contribution in [2.24, 2.45) is 0 Å². The second-order valence-electron chi connectivity index (χ2n) is 5.56. The van der Waals surface area contributed by atoms with Gasteiger partial charge in [0.2, 0.25) is 5.91 Å². The molecule has 0 saturated carbocycles. The van der Waals surface area contributed by atoms with Crippen molar-refractivity contribution >= 4 is 33.4 Å². The first-order valence-electron chi connectivity index (χ1n) is 8.06. The quantitative estimate of drug-likeness (QED) is 0.664. The lowest BCUT2D eigenvalue weighted by molar-refractivity contribution is -0.119. The van der Waals surface area contributed by atoms with E-state index in [9.17, 15) is 9.59 Å². The summed E-state index contributed by atoms with van der Waals surface area (Å²) >= 11 is 3.37. The Morgan fingerprint density at radius 3 is 2.30 bits per heavy atom. The molecule has 0 heterocycles. The molecular weight excluding hydrogens is 416 g/mol. The number of methoxy groups -OCH3 is 3. The maximum Gasteiger partial charge on any atom is 0.251 e. The molecule has 0 fully saturated rings. The number of benzene rings is 2. The van der Waals surface area contributed by atoms with Crippen molar-refractivity contribution in [1.29, 1.82) is 0 Å². The fraction of sp³-hybridized carbons (Fsp3) is 0.263. The zero-order chi connectivity index (χ0) is 19.8. The van der Waals surface area contributed by atoms with Gasteiger partial charge in [-0.15, -0.1) is 0 Å². The largest absolute Gasteiger partial charge is 0.495 e. The first kappa shape index (κ1) is 20.7. The molecule has 0 spiro atoms. The van der Waals surface area contributed by atoms with Gasteiger partial charge >= 0.3 is 0 Å². The van der Waals surface area contributed by atoms with Gasteiger partial charge in [-0.2, -0.15) is 0 Å². The van der Waals surface area contributed by atoms with Gasteiger partial charge in [-0.3, -0.25) is 9.59 Å². The number of halogens is 1. The van der Waals surface area contributed by atoms with Crippen molar-refractivity contribution in [3.05, 3.63) is 52.0 Å². The van der Waals surface area contributed by atoms with Crippen molar-refractivity contribution in [1.82, 2.24) is 5.32 Å². The number of hydrogen-bond donors (Lipinski definition) is 2. The number of carbonyl (C=O) groups excluding carboxylic acids is 2. The van der Waals surface area contributed by atoms with Crippen molar-refractivity contribution < 1.29 is 23.8 Å². The summed E-state index contributed by atoms with van der Waals surface area (Å²) in [5.41, 5.74) is 1.89. The van der Waals surface area contributed by atoms with Crippen LogP contribution in [0.1, 0.15) is 15.9 Å². The lowest BCUT2D eigenvalue weighted by atomic mass is 10.1. The predicted octanol–water partition coefficient (Wildman–Crippen LogP) is 2.98. The summed E-state index contributed by atoms with van der Waals surface area (Å²) in [6.07, 6.45) is 0. The van der Waals surface area contributed by atoms with E-state index in [0.29, 0.717) is 33.8 Å². The molecule has 2 aromatic carbocycles. The first-order valence-corrected chi connectivity index (χ1v) is 8.85. The molecule has 27 heavy (non-hydrogen) atoms. The predicted molar refractivity (Wildman–Crippen MR) is 105 cm³/mol. The van der Waals surface area contributed by atoms with Crippen LogP contribution < -0.4 is 20.1 Å². The molecule has 0 bridgehead atoms. The van der Waals surface area contributed by atoms with Crippen LogP contribution in [0.3, 0.4) is 0 Å². The number of amides is 2. The van der Waals surface area contributed by atoms with Crippen LogP contribution in [-0.4, -0.2) is 39.8 Å². The lowest BCUT2D eigenvalue weighted by Gasteiger charge is -2.12. The molecule has 0 aromatic heterocycles. The molecule has 0 saturated heterocycles. The maximum absolute atomic E-state index is 12.5. The highest BCUT2D eigenvalue weighted by Crippen LogP contribution is 2.35. The third kappa shape index (κ3) is 5.70. The third-order valence-corrected chi connectivity index (χ3v) is 4.43. The summed E-state index contributed by atoms with van der Waals surface area (Å²) < 4.78 is 15.9. The molecule has 0 atom stereocenters. The summed E-state index contributed by atoms with van der Waals surface area (Å²) in [7, 11) is 4.49. The summed E-state index contributed by atoms with van der Waals surface area (Å²) in [6.45, 7) is 0.279. The van der Waals surface area contributed by atoms with Crippen LogP contribution >= 0.6 is 15.9 Å². The number of anilines is 1. The van der Waals surface area contributed by atoms with E-state index >= 15 is 0 Å². The van der Waals surface area contributed by atoms with E-state index in [-0.39, 0.29) is 18.4 Å². The van der Waals surface area contributed by atoms with Gasteiger partial charge in [-0.1, -0.05) is 12.1 Å². The minimum Gasteiger partial charge on any atom is -0.495 e. The average Bonchev–Trinajstić information content (AvgIpc) is 2.66. The normalized spacial score (nSPS) is 10.2. The van der Waals surface area contributed by atoms with E-state index in [1.807, 2.05) is 6.07 Å². The van der Waals surface area contributed by atoms with E-state index in [1.165, 1.54) is 21.3 Å². The molecule has 2 aromatic rings. The Labute approximate surface area is 166 Å². The van der Waals surface area contributed by atoms with Gasteiger partial charge in [0.1, 0.15) is 22.6 Å². The van der Waals surface area contributed by atoms with E-state index < -0.39 is 0 Å². The fourth-order valence-electron chi connectivity index (χ4n) is 2.37. The summed E-state index contributed by atoms with van der Waals surface area (Å²) in [5, 5.41) is 5.56. The lowest BCUT2D eigenvalue weighted by Crippen LogP contribution is -2.23. The van der Waals surface area contributed by atoms with Crippen molar-refractivity contribution in [2.45, 2.75) is 6.54 Å². The van der Waals surface area contributed by atoms with Gasteiger partial charge in [0, 0.05) is 24.9 Å². The van der Waals surface area contributed by atoms with Gasteiger partial charge in [0.25, 0.3) is 5.91 Å². The Kier molecular flexibility index (Phi) is 7.63. The highest BCUT2D eigenvalue weighted by molar-refractivity contribution is 9.10. The standard InChI is InChI=1S/C19H21BrN2O5/c1-25-11-17(23)22-14-6-4-5-12(7-14)10-21-19(24)13-8-15(26-2)18(20)16(9-13)27-3/h4-9H,10-11H2,1-3H3,(H,21,24)(H,22,23). The molecule has 2 rings (SSSR count). The van der Waals surface area contributed by atoms with E-state index in [1.54, 1.807) is 30.3 Å². The molecule has 144 valence electrons. The first-order chi connectivity index (χ1) is 13.0. The number of nitrogens with one attached hydrogen (secondary N) is 2. The molecule has 0 aliphatic heterocycles. The van der Waals surface area contributed by atoms with Crippen LogP contribution in [-0.2, 0) is 16.1 Å². The van der Waals surface area contributed by atoms with Gasteiger partial charge < -0.3 is 24.8 Å². The van der Waals surface area contributed by atoms with Crippen LogP contribution in [0.15, 0.2) is 40.9 Å². The van der Waals surface area contributed by atoms with E-state index in [4.69, 9.17) is 14.2 Å². The Balaban J connectivity index is 2.06. The minimum absolute atomic E-state index is 0.0196. The third-order valence-electron chi connectivity index (χ3n) is 3.65. The molecular formula is C19H21BrN2O5. The average molecular weight is 437 g/mol. The molecule has 0 unspecified atom stereocenters. The minimum atomic E-state index is -0.270. The van der Waals surface area contributed by atoms with E-state index in [2.05, 4.69) is 26.6 Å². The van der Waals surface area contributed by atoms with Crippen molar-refractivity contribution in [3.8, 4) is 11.5 Å². The number of hydrogen-bond acceptors (Lipinski definition) is 5. The molecule has 0 aliphatic rings. The Morgan fingerprint density at radius 1 is 1.04 bits per heavy atom. The maximum atomic E-state index is 12.5. The number of carbonyl (C=O) groups is 2. The number of ether oxygens (including phenoxy) is 3. The molecule has 8 heteroatoms. The zero-order valence-corrected chi connectivity index (χ0v) is 16.9. The van der Waals surface area contributed by atoms with Crippen LogP contribution in [0.5, 0.6) is 11.5 Å². The van der Waals surface area contributed by atoms with E-state index in [0.717, 1.165) is 5.56 Å². The summed E-state index contributed by atoms with van der Waals surface area (Å²) in [5.74, 6) is 0.491. The highest BCUT2D eigenvalue weighted by atomic mass is 79.9. The SMILES string of the molecule is COCC(=O)Nc1cccc(CNC(=O)c2cc(OC)c(Br)c(OC)c2)c1. The molecule has 2 amide bonds. The number of rotatable bonds is 8. The van der Waals surface area contributed by atoms with Crippen LogP contribution in [0.4, 0.5) is 5.69 Å². The van der Waals surface area contributed by atoms with Gasteiger partial charge in [-0.05, 0) is 45.8 Å². The summed E-state index contributed by atoms with van der Waals surface area (Å²) in [6, 6.07) is 10.5. The Morgan fingerprint density at radius 2 is 1.70 bits per heavy atom. The second-order valence-corrected chi connectivity index (χ2v) is 6.35. The summed E-state index contributed by atoms with van der Waals surface area (Å²) in [4.78, 5) is 24.1. The van der Waals surface area contributed by atoms with Gasteiger partial charge in [-0.25, -0.2) is 0 Å². The fourth-order valence-corrected chi connectivity index (χ4v) is 2.92. The van der Waals surface area contributed by atoms with Crippen LogP contribution in [0.2, 0.25) is 0 Å². The monoisotopic (exact) mass is 436 g/mol. The van der Waals surface area contributed by atoms with Crippen molar-refractivity contribution in [2.75, 3.05) is 33.3 Å². The highest BCUT2D eigenvalue weighted by Gasteiger charge is 2.14.